The SMILES string of the molecule is CC1CCN(C(=O)C(=O)NCc2ccc3c(c2)OCO3)CC1. The monoisotopic (exact) mass is 304 g/mol. The van der Waals surface area contributed by atoms with Crippen molar-refractivity contribution in [2.45, 2.75) is 26.3 Å². The van der Waals surface area contributed by atoms with Gasteiger partial charge in [-0.15, -0.1) is 0 Å². The molecule has 2 heterocycles. The van der Waals surface area contributed by atoms with E-state index in [1.807, 2.05) is 12.1 Å². The first-order chi connectivity index (χ1) is 10.6. The largest absolute Gasteiger partial charge is 0.454 e. The molecule has 2 aliphatic heterocycles. The van der Waals surface area contributed by atoms with Crippen LogP contribution in [0.1, 0.15) is 25.3 Å². The van der Waals surface area contributed by atoms with Gasteiger partial charge in [-0.1, -0.05) is 13.0 Å². The summed E-state index contributed by atoms with van der Waals surface area (Å²) in [5.74, 6) is 1.01. The van der Waals surface area contributed by atoms with Crippen molar-refractivity contribution in [2.24, 2.45) is 5.92 Å². The summed E-state index contributed by atoms with van der Waals surface area (Å²) in [6.07, 6.45) is 1.92. The smallest absolute Gasteiger partial charge is 0.311 e. The van der Waals surface area contributed by atoms with E-state index in [9.17, 15) is 9.59 Å². The zero-order valence-corrected chi connectivity index (χ0v) is 12.6. The Labute approximate surface area is 129 Å². The highest BCUT2D eigenvalue weighted by atomic mass is 16.7. The molecule has 0 atom stereocenters. The quantitative estimate of drug-likeness (QED) is 0.836. The highest BCUT2D eigenvalue weighted by Gasteiger charge is 2.25. The molecule has 0 aliphatic carbocycles. The van der Waals surface area contributed by atoms with Crippen LogP contribution in [0.5, 0.6) is 11.5 Å². The summed E-state index contributed by atoms with van der Waals surface area (Å²) in [4.78, 5) is 25.7. The molecule has 1 N–H and O–H groups in total. The van der Waals surface area contributed by atoms with E-state index in [-0.39, 0.29) is 6.79 Å². The third-order valence-electron chi connectivity index (χ3n) is 4.16. The van der Waals surface area contributed by atoms with Crippen molar-refractivity contribution in [1.29, 1.82) is 0 Å². The van der Waals surface area contributed by atoms with Crippen molar-refractivity contribution < 1.29 is 19.1 Å². The van der Waals surface area contributed by atoms with Crippen LogP contribution in [0.4, 0.5) is 0 Å². The number of likely N-dealkylation sites (tertiary alicyclic amines) is 1. The van der Waals surface area contributed by atoms with Gasteiger partial charge in [0, 0.05) is 19.6 Å². The first-order valence-corrected chi connectivity index (χ1v) is 7.59. The van der Waals surface area contributed by atoms with Gasteiger partial charge >= 0.3 is 11.8 Å². The molecule has 6 nitrogen and oxygen atoms in total. The van der Waals surface area contributed by atoms with E-state index in [1.54, 1.807) is 11.0 Å². The Morgan fingerprint density at radius 3 is 2.73 bits per heavy atom. The van der Waals surface area contributed by atoms with E-state index in [2.05, 4.69) is 12.2 Å². The maximum atomic E-state index is 12.1. The molecule has 1 saturated heterocycles. The van der Waals surface area contributed by atoms with Crippen LogP contribution in [0.3, 0.4) is 0 Å². The fourth-order valence-electron chi connectivity index (χ4n) is 2.66. The number of carbonyl (C=O) groups excluding carboxylic acids is 2. The first-order valence-electron chi connectivity index (χ1n) is 7.59. The predicted octanol–water partition coefficient (Wildman–Crippen LogP) is 1.29. The van der Waals surface area contributed by atoms with Gasteiger partial charge in [-0.3, -0.25) is 9.59 Å². The molecule has 2 amide bonds. The first kappa shape index (κ1) is 14.7. The minimum absolute atomic E-state index is 0.219. The van der Waals surface area contributed by atoms with E-state index in [4.69, 9.17) is 9.47 Å². The number of fused-ring (bicyclic) bond motifs is 1. The Balaban J connectivity index is 1.52. The van der Waals surface area contributed by atoms with Crippen molar-refractivity contribution in [3.05, 3.63) is 23.8 Å². The molecule has 2 aliphatic rings. The van der Waals surface area contributed by atoms with Crippen LogP contribution >= 0.6 is 0 Å². The zero-order chi connectivity index (χ0) is 15.5. The van der Waals surface area contributed by atoms with E-state index in [0.717, 1.165) is 18.4 Å². The fourth-order valence-corrected chi connectivity index (χ4v) is 2.66. The number of ether oxygens (including phenoxy) is 2. The molecule has 0 aromatic heterocycles. The number of nitrogens with zero attached hydrogens (tertiary/aromatic N) is 1. The lowest BCUT2D eigenvalue weighted by atomic mass is 9.99. The van der Waals surface area contributed by atoms with Crippen LogP contribution < -0.4 is 14.8 Å². The van der Waals surface area contributed by atoms with Crippen molar-refractivity contribution >= 4 is 11.8 Å². The van der Waals surface area contributed by atoms with Gasteiger partial charge in [0.15, 0.2) is 11.5 Å². The van der Waals surface area contributed by atoms with E-state index < -0.39 is 11.8 Å². The van der Waals surface area contributed by atoms with Crippen molar-refractivity contribution in [2.75, 3.05) is 19.9 Å². The van der Waals surface area contributed by atoms with Crippen molar-refractivity contribution in [1.82, 2.24) is 10.2 Å². The van der Waals surface area contributed by atoms with Crippen LogP contribution in [0.25, 0.3) is 0 Å². The van der Waals surface area contributed by atoms with E-state index in [1.165, 1.54) is 0 Å². The third-order valence-corrected chi connectivity index (χ3v) is 4.16. The standard InChI is InChI=1S/C16H20N2O4/c1-11-4-6-18(7-5-11)16(20)15(19)17-9-12-2-3-13-14(8-12)22-10-21-13/h2-3,8,11H,4-7,9-10H2,1H3,(H,17,19). The lowest BCUT2D eigenvalue weighted by Crippen LogP contribution is -2.46. The molecular formula is C16H20N2O4. The lowest BCUT2D eigenvalue weighted by Gasteiger charge is -2.29. The summed E-state index contributed by atoms with van der Waals surface area (Å²) < 4.78 is 10.5. The maximum Gasteiger partial charge on any atom is 0.311 e. The second-order valence-corrected chi connectivity index (χ2v) is 5.85. The summed E-state index contributed by atoms with van der Waals surface area (Å²) in [7, 11) is 0. The van der Waals surface area contributed by atoms with Crippen molar-refractivity contribution in [3.63, 3.8) is 0 Å². The molecule has 0 spiro atoms. The molecule has 1 aromatic rings. The normalized spacial score (nSPS) is 17.4. The number of piperidine rings is 1. The molecule has 0 bridgehead atoms. The van der Waals surface area contributed by atoms with E-state index in [0.29, 0.717) is 37.1 Å². The van der Waals surface area contributed by atoms with Gasteiger partial charge in [0.25, 0.3) is 0 Å². The number of hydrogen-bond donors (Lipinski definition) is 1. The van der Waals surface area contributed by atoms with Gasteiger partial charge in [0.05, 0.1) is 0 Å². The Morgan fingerprint density at radius 2 is 1.95 bits per heavy atom. The van der Waals surface area contributed by atoms with Gasteiger partial charge in [0.1, 0.15) is 0 Å². The molecule has 118 valence electrons. The highest BCUT2D eigenvalue weighted by Crippen LogP contribution is 2.32. The Morgan fingerprint density at radius 1 is 1.23 bits per heavy atom. The predicted molar refractivity (Wildman–Crippen MR) is 79.4 cm³/mol. The minimum Gasteiger partial charge on any atom is -0.454 e. The number of carbonyl (C=O) groups is 2. The van der Waals surface area contributed by atoms with Crippen LogP contribution in [0.15, 0.2) is 18.2 Å². The van der Waals surface area contributed by atoms with Gasteiger partial charge in [0.2, 0.25) is 6.79 Å². The number of benzene rings is 1. The average Bonchev–Trinajstić information content (AvgIpc) is 3.00. The number of hydrogen-bond acceptors (Lipinski definition) is 4. The molecular weight excluding hydrogens is 284 g/mol. The summed E-state index contributed by atoms with van der Waals surface area (Å²) in [6.45, 7) is 4.01. The summed E-state index contributed by atoms with van der Waals surface area (Å²) in [6, 6.07) is 5.47. The molecule has 0 saturated carbocycles. The van der Waals surface area contributed by atoms with Gasteiger partial charge in [-0.25, -0.2) is 0 Å². The Hall–Kier alpha value is -2.24. The fraction of sp³-hybridized carbons (Fsp3) is 0.500. The van der Waals surface area contributed by atoms with Gasteiger partial charge < -0.3 is 19.7 Å². The minimum atomic E-state index is -0.549. The number of nitrogens with one attached hydrogen (secondary N) is 1. The summed E-state index contributed by atoms with van der Waals surface area (Å²) in [5.41, 5.74) is 0.873. The van der Waals surface area contributed by atoms with Crippen LogP contribution in [0.2, 0.25) is 0 Å². The van der Waals surface area contributed by atoms with Gasteiger partial charge in [-0.2, -0.15) is 0 Å². The number of rotatable bonds is 2. The Kier molecular flexibility index (Phi) is 4.18. The average molecular weight is 304 g/mol. The second-order valence-electron chi connectivity index (χ2n) is 5.85. The third kappa shape index (κ3) is 3.16. The molecule has 1 fully saturated rings. The van der Waals surface area contributed by atoms with Gasteiger partial charge in [-0.05, 0) is 36.5 Å². The second kappa shape index (κ2) is 6.25. The summed E-state index contributed by atoms with van der Waals surface area (Å²) >= 11 is 0. The molecule has 6 heteroatoms. The maximum absolute atomic E-state index is 12.1. The van der Waals surface area contributed by atoms with Crippen molar-refractivity contribution in [3.8, 4) is 11.5 Å². The zero-order valence-electron chi connectivity index (χ0n) is 12.6. The molecule has 22 heavy (non-hydrogen) atoms. The Bertz CT molecular complexity index is 580. The van der Waals surface area contributed by atoms with Crippen LogP contribution in [-0.4, -0.2) is 36.6 Å². The topological polar surface area (TPSA) is 67.9 Å². The molecule has 0 unspecified atom stereocenters. The molecule has 1 aromatic carbocycles. The molecule has 0 radical (unpaired) electrons. The van der Waals surface area contributed by atoms with Crippen LogP contribution in [0, 0.1) is 5.92 Å². The lowest BCUT2D eigenvalue weighted by molar-refractivity contribution is -0.146. The summed E-state index contributed by atoms with van der Waals surface area (Å²) in [5, 5.41) is 2.67. The highest BCUT2D eigenvalue weighted by molar-refractivity contribution is 6.34. The van der Waals surface area contributed by atoms with E-state index >= 15 is 0 Å². The van der Waals surface area contributed by atoms with Crippen LogP contribution in [-0.2, 0) is 16.1 Å². The molecule has 3 rings (SSSR count). The number of amides is 2.